The third kappa shape index (κ3) is 5.14. The first-order chi connectivity index (χ1) is 10.5. The van der Waals surface area contributed by atoms with Crippen LogP contribution in [0.3, 0.4) is 0 Å². The second-order valence-corrected chi connectivity index (χ2v) is 6.11. The number of rotatable bonds is 7. The van der Waals surface area contributed by atoms with Crippen LogP contribution in [0.15, 0.2) is 29.8 Å². The Morgan fingerprint density at radius 1 is 1.50 bits per heavy atom. The van der Waals surface area contributed by atoms with Gasteiger partial charge in [-0.3, -0.25) is 10.00 Å². The minimum Gasteiger partial charge on any atom is -0.386 e. The fourth-order valence-corrected chi connectivity index (χ4v) is 2.50. The normalized spacial score (nSPS) is 12.4. The summed E-state index contributed by atoms with van der Waals surface area (Å²) in [4.78, 5) is 14.7. The molecule has 120 valence electrons. The molecule has 0 spiro atoms. The molecule has 0 aromatic carbocycles. The number of hydrogen-bond acceptors (Lipinski definition) is 5. The number of hydrogen-bond donors (Lipinski definition) is 3. The van der Waals surface area contributed by atoms with E-state index >= 15 is 0 Å². The van der Waals surface area contributed by atoms with Crippen molar-refractivity contribution in [1.82, 2.24) is 20.0 Å². The van der Waals surface area contributed by atoms with Crippen LogP contribution in [0, 0.1) is 0 Å². The summed E-state index contributed by atoms with van der Waals surface area (Å²) in [5, 5.41) is 21.3. The maximum absolute atomic E-state index is 11.8. The van der Waals surface area contributed by atoms with Crippen LogP contribution >= 0.6 is 11.3 Å². The molecule has 2 amide bonds. The van der Waals surface area contributed by atoms with Crippen molar-refractivity contribution < 1.29 is 9.90 Å². The second-order valence-electron chi connectivity index (χ2n) is 5.13. The van der Waals surface area contributed by atoms with Crippen molar-refractivity contribution in [3.05, 3.63) is 34.7 Å². The molecule has 8 heteroatoms. The van der Waals surface area contributed by atoms with Crippen molar-refractivity contribution in [2.75, 3.05) is 32.5 Å². The van der Waals surface area contributed by atoms with Gasteiger partial charge in [0.2, 0.25) is 0 Å². The smallest absolute Gasteiger partial charge is 0.320 e. The van der Waals surface area contributed by atoms with E-state index < -0.39 is 6.10 Å². The Hall–Kier alpha value is -1.90. The number of carbonyl (C=O) groups is 1. The van der Waals surface area contributed by atoms with Gasteiger partial charge in [0.25, 0.3) is 0 Å². The highest BCUT2D eigenvalue weighted by Gasteiger charge is 2.11. The van der Waals surface area contributed by atoms with Crippen molar-refractivity contribution in [2.45, 2.75) is 12.6 Å². The SMILES string of the molecule is CN(C)CCn1ccc(NC(=O)NC[C@@H](O)c2cccs2)n1. The topological polar surface area (TPSA) is 82.4 Å². The largest absolute Gasteiger partial charge is 0.386 e. The Kier molecular flexibility index (Phi) is 5.93. The van der Waals surface area contributed by atoms with Gasteiger partial charge in [0.15, 0.2) is 5.82 Å². The molecule has 7 nitrogen and oxygen atoms in total. The number of aliphatic hydroxyl groups excluding tert-OH is 1. The van der Waals surface area contributed by atoms with Crippen LogP contribution in [0.4, 0.5) is 10.6 Å². The molecule has 2 heterocycles. The number of urea groups is 1. The van der Waals surface area contributed by atoms with Gasteiger partial charge in [-0.1, -0.05) is 6.07 Å². The standard InChI is InChI=1S/C14H21N5O2S/c1-18(2)7-8-19-6-5-13(17-19)16-14(21)15-10-11(20)12-4-3-9-22-12/h3-6,9,11,20H,7-8,10H2,1-2H3,(H2,15,16,17,21)/t11-/m1/s1. The van der Waals surface area contributed by atoms with Crippen molar-refractivity contribution >= 4 is 23.2 Å². The van der Waals surface area contributed by atoms with Gasteiger partial charge in [-0.25, -0.2) is 4.79 Å². The molecule has 2 aromatic rings. The van der Waals surface area contributed by atoms with Gasteiger partial charge in [-0.2, -0.15) is 5.10 Å². The molecule has 0 fully saturated rings. The molecule has 0 unspecified atom stereocenters. The second kappa shape index (κ2) is 7.92. The summed E-state index contributed by atoms with van der Waals surface area (Å²) in [7, 11) is 3.99. The third-order valence-electron chi connectivity index (χ3n) is 2.99. The fourth-order valence-electron chi connectivity index (χ4n) is 1.79. The summed E-state index contributed by atoms with van der Waals surface area (Å²) in [6.07, 6.45) is 1.13. The number of thiophene rings is 1. The molecule has 0 aliphatic heterocycles. The van der Waals surface area contributed by atoms with Gasteiger partial charge in [0.1, 0.15) is 6.10 Å². The zero-order valence-corrected chi connectivity index (χ0v) is 13.5. The predicted octanol–water partition coefficient (Wildman–Crippen LogP) is 1.36. The predicted molar refractivity (Wildman–Crippen MR) is 87.1 cm³/mol. The molecule has 1 atom stereocenters. The maximum atomic E-state index is 11.8. The quantitative estimate of drug-likeness (QED) is 0.718. The number of amides is 2. The van der Waals surface area contributed by atoms with Gasteiger partial charge in [-0.05, 0) is 25.5 Å². The summed E-state index contributed by atoms with van der Waals surface area (Å²) in [5.41, 5.74) is 0. The van der Waals surface area contributed by atoms with E-state index in [0.29, 0.717) is 5.82 Å². The van der Waals surface area contributed by atoms with Crippen LogP contribution < -0.4 is 10.6 Å². The number of carbonyl (C=O) groups excluding carboxylic acids is 1. The lowest BCUT2D eigenvalue weighted by molar-refractivity contribution is 0.178. The maximum Gasteiger partial charge on any atom is 0.320 e. The van der Waals surface area contributed by atoms with Crippen molar-refractivity contribution in [3.8, 4) is 0 Å². The van der Waals surface area contributed by atoms with Crippen LogP contribution in [0.1, 0.15) is 11.0 Å². The summed E-state index contributed by atoms with van der Waals surface area (Å²) in [6, 6.07) is 5.06. The lowest BCUT2D eigenvalue weighted by Gasteiger charge is -2.10. The van der Waals surface area contributed by atoms with Gasteiger partial charge < -0.3 is 15.3 Å². The Bertz CT molecular complexity index is 582. The molecule has 0 saturated heterocycles. The minimum absolute atomic E-state index is 0.160. The highest BCUT2D eigenvalue weighted by atomic mass is 32.1. The number of likely N-dealkylation sites (N-methyl/N-ethyl adjacent to an activating group) is 1. The molecule has 0 radical (unpaired) electrons. The van der Waals surface area contributed by atoms with Gasteiger partial charge in [0.05, 0.1) is 13.1 Å². The number of aromatic nitrogens is 2. The van der Waals surface area contributed by atoms with E-state index in [-0.39, 0.29) is 12.6 Å². The summed E-state index contributed by atoms with van der Waals surface area (Å²) in [5.74, 6) is 0.488. The zero-order chi connectivity index (χ0) is 15.9. The molecule has 22 heavy (non-hydrogen) atoms. The Labute approximate surface area is 133 Å². The van der Waals surface area contributed by atoms with Gasteiger partial charge in [0, 0.05) is 23.7 Å². The van der Waals surface area contributed by atoms with E-state index in [1.165, 1.54) is 11.3 Å². The molecule has 0 aliphatic rings. The molecule has 0 saturated carbocycles. The lowest BCUT2D eigenvalue weighted by Crippen LogP contribution is -2.32. The summed E-state index contributed by atoms with van der Waals surface area (Å²) < 4.78 is 1.77. The van der Waals surface area contributed by atoms with Crippen LogP contribution in [-0.2, 0) is 6.54 Å². The molecule has 2 aromatic heterocycles. The highest BCUT2D eigenvalue weighted by Crippen LogP contribution is 2.17. The fraction of sp³-hybridized carbons (Fsp3) is 0.429. The van der Waals surface area contributed by atoms with Gasteiger partial charge in [-0.15, -0.1) is 11.3 Å². The molecule has 0 bridgehead atoms. The van der Waals surface area contributed by atoms with Crippen LogP contribution in [0.25, 0.3) is 0 Å². The lowest BCUT2D eigenvalue weighted by atomic mass is 10.3. The van der Waals surface area contributed by atoms with Crippen LogP contribution in [0.5, 0.6) is 0 Å². The molecule has 2 rings (SSSR count). The molecule has 0 aliphatic carbocycles. The van der Waals surface area contributed by atoms with E-state index in [4.69, 9.17) is 0 Å². The summed E-state index contributed by atoms with van der Waals surface area (Å²) >= 11 is 1.46. The third-order valence-corrected chi connectivity index (χ3v) is 3.96. The average molecular weight is 323 g/mol. The summed E-state index contributed by atoms with van der Waals surface area (Å²) in [6.45, 7) is 1.79. The van der Waals surface area contributed by atoms with E-state index in [0.717, 1.165) is 18.0 Å². The minimum atomic E-state index is -0.691. The number of nitrogens with one attached hydrogen (secondary N) is 2. The van der Waals surface area contributed by atoms with Crippen molar-refractivity contribution in [2.24, 2.45) is 0 Å². The van der Waals surface area contributed by atoms with Crippen molar-refractivity contribution in [1.29, 1.82) is 0 Å². The molecule has 3 N–H and O–H groups in total. The Morgan fingerprint density at radius 2 is 2.32 bits per heavy atom. The van der Waals surface area contributed by atoms with Crippen LogP contribution in [-0.4, -0.2) is 53.0 Å². The number of aliphatic hydroxyl groups is 1. The Morgan fingerprint density at radius 3 is 3.00 bits per heavy atom. The number of anilines is 1. The first-order valence-corrected chi connectivity index (χ1v) is 7.87. The first-order valence-electron chi connectivity index (χ1n) is 6.99. The van der Waals surface area contributed by atoms with E-state index in [2.05, 4.69) is 20.6 Å². The van der Waals surface area contributed by atoms with Gasteiger partial charge >= 0.3 is 6.03 Å². The van der Waals surface area contributed by atoms with E-state index in [9.17, 15) is 9.90 Å². The molecular weight excluding hydrogens is 302 g/mol. The zero-order valence-electron chi connectivity index (χ0n) is 12.7. The highest BCUT2D eigenvalue weighted by molar-refractivity contribution is 7.10. The van der Waals surface area contributed by atoms with E-state index in [1.807, 2.05) is 37.8 Å². The number of nitrogens with zero attached hydrogens (tertiary/aromatic N) is 3. The van der Waals surface area contributed by atoms with E-state index in [1.54, 1.807) is 10.7 Å². The average Bonchev–Trinajstić information content (AvgIpc) is 3.14. The monoisotopic (exact) mass is 323 g/mol. The van der Waals surface area contributed by atoms with Crippen LogP contribution in [0.2, 0.25) is 0 Å². The first kappa shape index (κ1) is 16.5. The molecular formula is C14H21N5O2S. The Balaban J connectivity index is 1.75. The van der Waals surface area contributed by atoms with Crippen molar-refractivity contribution in [3.63, 3.8) is 0 Å².